The van der Waals surface area contributed by atoms with Crippen LogP contribution in [0.3, 0.4) is 0 Å². The Balaban J connectivity index is 1.54. The molecule has 0 radical (unpaired) electrons. The van der Waals surface area contributed by atoms with Crippen molar-refractivity contribution in [2.75, 3.05) is 16.8 Å². The molecule has 4 aliphatic heterocycles. The van der Waals surface area contributed by atoms with Crippen LogP contribution in [0.5, 0.6) is 0 Å². The van der Waals surface area contributed by atoms with Crippen molar-refractivity contribution in [3.8, 4) is 0 Å². The Morgan fingerprint density at radius 2 is 1.82 bits per heavy atom. The summed E-state index contributed by atoms with van der Waals surface area (Å²) in [4.78, 5) is 43.4. The summed E-state index contributed by atoms with van der Waals surface area (Å²) in [7, 11) is 0. The van der Waals surface area contributed by atoms with Crippen molar-refractivity contribution in [3.63, 3.8) is 0 Å². The largest absolute Gasteiger partial charge is 0.416 e. The van der Waals surface area contributed by atoms with Crippen LogP contribution >= 0.6 is 11.6 Å². The van der Waals surface area contributed by atoms with Crippen molar-refractivity contribution in [1.82, 2.24) is 4.90 Å². The van der Waals surface area contributed by atoms with Gasteiger partial charge in [-0.25, -0.2) is 9.29 Å². The van der Waals surface area contributed by atoms with Crippen molar-refractivity contribution in [1.29, 1.82) is 0 Å². The highest BCUT2D eigenvalue weighted by molar-refractivity contribution is 6.36. The van der Waals surface area contributed by atoms with E-state index in [1.165, 1.54) is 18.2 Å². The van der Waals surface area contributed by atoms with Crippen LogP contribution < -0.4 is 10.2 Å². The van der Waals surface area contributed by atoms with Crippen LogP contribution in [-0.2, 0) is 26.1 Å². The van der Waals surface area contributed by atoms with Crippen LogP contribution in [0, 0.1) is 17.7 Å². The molecule has 34 heavy (non-hydrogen) atoms. The highest BCUT2D eigenvalue weighted by atomic mass is 35.5. The Hall–Kier alpha value is -2.98. The Kier molecular flexibility index (Phi) is 4.30. The van der Waals surface area contributed by atoms with Gasteiger partial charge < -0.3 is 5.32 Å². The number of hydrogen-bond acceptors (Lipinski definition) is 4. The van der Waals surface area contributed by atoms with Gasteiger partial charge in [-0.2, -0.15) is 13.2 Å². The van der Waals surface area contributed by atoms with Crippen LogP contribution in [0.25, 0.3) is 0 Å². The first-order valence-electron chi connectivity index (χ1n) is 10.7. The summed E-state index contributed by atoms with van der Waals surface area (Å²) in [6.45, 7) is 0.423. The molecule has 6 rings (SSSR count). The minimum absolute atomic E-state index is 0.200. The summed E-state index contributed by atoms with van der Waals surface area (Å²) >= 11 is 6.15. The monoisotopic (exact) mass is 493 g/mol. The normalized spacial score (nSPS) is 30.2. The van der Waals surface area contributed by atoms with E-state index in [2.05, 4.69) is 5.32 Å². The second-order valence-electron chi connectivity index (χ2n) is 8.99. The van der Waals surface area contributed by atoms with Crippen molar-refractivity contribution in [2.45, 2.75) is 30.6 Å². The quantitative estimate of drug-likeness (QED) is 0.483. The van der Waals surface area contributed by atoms with Crippen molar-refractivity contribution >= 4 is 40.7 Å². The van der Waals surface area contributed by atoms with Gasteiger partial charge in [0.15, 0.2) is 0 Å². The van der Waals surface area contributed by atoms with E-state index in [1.807, 2.05) is 0 Å². The maximum atomic E-state index is 14.3. The lowest BCUT2D eigenvalue weighted by molar-refractivity contribution is -0.137. The third-order valence-electron chi connectivity index (χ3n) is 7.47. The van der Waals surface area contributed by atoms with E-state index in [1.54, 1.807) is 4.90 Å². The number of hydrogen-bond donors (Lipinski definition) is 1. The molecule has 0 saturated carbocycles. The molecular weight excluding hydrogens is 478 g/mol. The molecule has 3 amide bonds. The summed E-state index contributed by atoms with van der Waals surface area (Å²) in [5, 5.41) is 2.51. The molecule has 4 heterocycles. The third kappa shape index (κ3) is 2.52. The number of imide groups is 1. The highest BCUT2D eigenvalue weighted by Crippen LogP contribution is 2.61. The molecule has 1 N–H and O–H groups in total. The molecule has 6 nitrogen and oxygen atoms in total. The van der Waals surface area contributed by atoms with Crippen molar-refractivity contribution in [3.05, 3.63) is 58.4 Å². The SMILES string of the molecule is O=C1[C@@H]2[C@@H]3CCCN3[C@]3(C(=O)Nc4ccc(F)cc43)[C@H]2C(=O)N1c1cc(C(F)(F)F)ccc1Cl. The van der Waals surface area contributed by atoms with E-state index < -0.39 is 58.7 Å². The highest BCUT2D eigenvalue weighted by Gasteiger charge is 2.74. The summed E-state index contributed by atoms with van der Waals surface area (Å²) in [6.07, 6.45) is -3.55. The molecule has 0 aliphatic carbocycles. The van der Waals surface area contributed by atoms with Gasteiger partial charge in [-0.05, 0) is 55.8 Å². The standard InChI is InChI=1S/C23H16ClF4N3O3/c24-13-5-3-10(23(26,27)28)8-16(13)31-19(32)17-15-2-1-7-30(15)22(18(17)20(31)33)12-9-11(25)4-6-14(12)29-21(22)34/h3-6,8-9,15,17-18H,1-2,7H2,(H,29,34)/t15-,17+,18+,22-/m0/s1. The number of carbonyl (C=O) groups excluding carboxylic acids is 3. The number of anilines is 2. The maximum Gasteiger partial charge on any atom is 0.416 e. The molecule has 4 aliphatic rings. The fourth-order valence-corrected chi connectivity index (χ4v) is 6.48. The molecule has 2 aromatic carbocycles. The first-order valence-corrected chi connectivity index (χ1v) is 11.1. The lowest BCUT2D eigenvalue weighted by atomic mass is 9.75. The van der Waals surface area contributed by atoms with Crippen LogP contribution in [0.15, 0.2) is 36.4 Å². The minimum Gasteiger partial charge on any atom is -0.324 e. The van der Waals surface area contributed by atoms with Gasteiger partial charge in [-0.3, -0.25) is 19.3 Å². The Labute approximate surface area is 195 Å². The van der Waals surface area contributed by atoms with Crippen LogP contribution in [0.1, 0.15) is 24.0 Å². The van der Waals surface area contributed by atoms with Gasteiger partial charge in [0.05, 0.1) is 28.1 Å². The predicted octanol–water partition coefficient (Wildman–Crippen LogP) is 3.93. The second kappa shape index (κ2) is 6.79. The number of carbonyl (C=O) groups is 3. The zero-order chi connectivity index (χ0) is 24.2. The van der Waals surface area contributed by atoms with E-state index in [9.17, 15) is 31.9 Å². The van der Waals surface area contributed by atoms with Crippen LogP contribution in [0.2, 0.25) is 5.02 Å². The zero-order valence-corrected chi connectivity index (χ0v) is 18.1. The molecule has 0 unspecified atom stereocenters. The lowest BCUT2D eigenvalue weighted by Gasteiger charge is -2.36. The molecule has 3 fully saturated rings. The van der Waals surface area contributed by atoms with E-state index in [-0.39, 0.29) is 16.3 Å². The Morgan fingerprint density at radius 1 is 1.06 bits per heavy atom. The van der Waals surface area contributed by atoms with E-state index in [0.717, 1.165) is 12.1 Å². The smallest absolute Gasteiger partial charge is 0.324 e. The van der Waals surface area contributed by atoms with Gasteiger partial charge in [-0.1, -0.05) is 11.6 Å². The Bertz CT molecular complexity index is 1300. The molecule has 176 valence electrons. The lowest BCUT2D eigenvalue weighted by Crippen LogP contribution is -2.54. The number of halogens is 5. The summed E-state index contributed by atoms with van der Waals surface area (Å²) in [5.74, 6) is -4.88. The number of amides is 3. The summed E-state index contributed by atoms with van der Waals surface area (Å²) in [6, 6.07) is 5.70. The zero-order valence-electron chi connectivity index (χ0n) is 17.3. The van der Waals surface area contributed by atoms with Gasteiger partial charge in [0.2, 0.25) is 17.7 Å². The first kappa shape index (κ1) is 21.5. The molecule has 1 spiro atoms. The number of fused-ring (bicyclic) bond motifs is 7. The summed E-state index contributed by atoms with van der Waals surface area (Å²) < 4.78 is 54.4. The van der Waals surface area contributed by atoms with Gasteiger partial charge in [0.1, 0.15) is 11.4 Å². The van der Waals surface area contributed by atoms with Crippen molar-refractivity contribution < 1.29 is 31.9 Å². The third-order valence-corrected chi connectivity index (χ3v) is 7.79. The fourth-order valence-electron chi connectivity index (χ4n) is 6.27. The van der Waals surface area contributed by atoms with Crippen molar-refractivity contribution in [2.24, 2.45) is 11.8 Å². The number of nitrogens with one attached hydrogen (secondary N) is 1. The second-order valence-corrected chi connectivity index (χ2v) is 9.40. The van der Waals surface area contributed by atoms with Gasteiger partial charge >= 0.3 is 6.18 Å². The molecular formula is C23H16ClF4N3O3. The van der Waals surface area contributed by atoms with Crippen LogP contribution in [0.4, 0.5) is 28.9 Å². The Morgan fingerprint density at radius 3 is 2.56 bits per heavy atom. The fraction of sp³-hybridized carbons (Fsp3) is 0.348. The molecule has 2 aromatic rings. The molecule has 3 saturated heterocycles. The molecule has 0 aromatic heterocycles. The number of rotatable bonds is 1. The number of nitrogens with zero attached hydrogens (tertiary/aromatic N) is 2. The average molecular weight is 494 g/mol. The van der Waals surface area contributed by atoms with E-state index >= 15 is 0 Å². The maximum absolute atomic E-state index is 14.3. The van der Waals surface area contributed by atoms with E-state index in [0.29, 0.717) is 36.0 Å². The van der Waals surface area contributed by atoms with E-state index in [4.69, 9.17) is 11.6 Å². The summed E-state index contributed by atoms with van der Waals surface area (Å²) in [5.41, 5.74) is -2.46. The van der Waals surface area contributed by atoms with Gasteiger partial charge in [0, 0.05) is 17.3 Å². The number of alkyl halides is 3. The molecule has 0 bridgehead atoms. The first-order chi connectivity index (χ1) is 16.1. The topological polar surface area (TPSA) is 69.7 Å². The average Bonchev–Trinajstić information content (AvgIpc) is 3.47. The van der Waals surface area contributed by atoms with Gasteiger partial charge in [-0.15, -0.1) is 0 Å². The van der Waals surface area contributed by atoms with Gasteiger partial charge in [0.25, 0.3) is 0 Å². The number of benzene rings is 2. The molecule has 11 heteroatoms. The predicted molar refractivity (Wildman–Crippen MR) is 112 cm³/mol. The minimum atomic E-state index is -4.72. The van der Waals surface area contributed by atoms with Crippen LogP contribution in [-0.4, -0.2) is 35.2 Å². The molecule has 4 atom stereocenters.